The Morgan fingerprint density at radius 3 is 1.60 bits per heavy atom. The highest BCUT2D eigenvalue weighted by Gasteiger charge is 2.52. The molecule has 0 saturated carbocycles. The van der Waals surface area contributed by atoms with Gasteiger partial charge in [0.2, 0.25) is 0 Å². The van der Waals surface area contributed by atoms with Crippen LogP contribution in [0.3, 0.4) is 0 Å². The Labute approximate surface area is 127 Å². The summed E-state index contributed by atoms with van der Waals surface area (Å²) in [5.74, 6) is 0. The van der Waals surface area contributed by atoms with Gasteiger partial charge in [0.1, 0.15) is 0 Å². The fourth-order valence-electron chi connectivity index (χ4n) is 3.34. The Morgan fingerprint density at radius 1 is 0.850 bits per heavy atom. The maximum atomic E-state index is 6.56. The molecule has 2 unspecified atom stereocenters. The number of hydrogen-bond acceptors (Lipinski definition) is 2. The first-order valence-electron chi connectivity index (χ1n) is 8.00. The van der Waals surface area contributed by atoms with Crippen molar-refractivity contribution in [3.05, 3.63) is 0 Å². The molecule has 0 aromatic rings. The molecule has 0 bridgehead atoms. The van der Waals surface area contributed by atoms with Crippen LogP contribution in [0.1, 0.15) is 76.2 Å². The minimum absolute atomic E-state index is 0.0903. The summed E-state index contributed by atoms with van der Waals surface area (Å²) < 4.78 is 6.56. The summed E-state index contributed by atoms with van der Waals surface area (Å²) in [4.78, 5) is 2.67. The van der Waals surface area contributed by atoms with E-state index in [1.165, 1.54) is 0 Å². The predicted molar refractivity (Wildman–Crippen MR) is 88.1 cm³/mol. The van der Waals surface area contributed by atoms with E-state index >= 15 is 0 Å². The van der Waals surface area contributed by atoms with E-state index in [2.05, 4.69) is 81.1 Å². The smallest absolute Gasteiger partial charge is 0.0791 e. The van der Waals surface area contributed by atoms with E-state index in [9.17, 15) is 0 Å². The quantitative estimate of drug-likeness (QED) is 0.637. The molecule has 0 aromatic carbocycles. The highest BCUT2D eigenvalue weighted by molar-refractivity contribution is 5.04. The summed E-state index contributed by atoms with van der Waals surface area (Å²) in [5, 5.41) is 0. The van der Waals surface area contributed by atoms with Gasteiger partial charge >= 0.3 is 0 Å². The van der Waals surface area contributed by atoms with Gasteiger partial charge in [0.15, 0.2) is 0 Å². The number of nitrogens with zero attached hydrogens (tertiary/aromatic N) is 1. The van der Waals surface area contributed by atoms with Gasteiger partial charge in [-0.15, -0.1) is 0 Å². The van der Waals surface area contributed by atoms with Crippen LogP contribution in [0.4, 0.5) is 0 Å². The van der Waals surface area contributed by atoms with Crippen LogP contribution in [-0.2, 0) is 4.74 Å². The molecule has 0 aliphatic carbocycles. The molecular formula is C18H37NO. The van der Waals surface area contributed by atoms with E-state index in [0.717, 1.165) is 6.54 Å². The highest BCUT2D eigenvalue weighted by atomic mass is 16.5. The summed E-state index contributed by atoms with van der Waals surface area (Å²) in [6.45, 7) is 26.4. The second-order valence-corrected chi connectivity index (χ2v) is 10.3. The maximum absolute atomic E-state index is 6.56. The Hall–Kier alpha value is -0.0800. The molecule has 120 valence electrons. The second-order valence-electron chi connectivity index (χ2n) is 10.3. The summed E-state index contributed by atoms with van der Waals surface area (Å²) in [5.41, 5.74) is 0.399. The van der Waals surface area contributed by atoms with Crippen molar-refractivity contribution in [3.63, 3.8) is 0 Å². The standard InChI is InChI=1S/C18H37NO/c1-15(2,3)13-14(16(4,5)6)20-18(10,11)12-19(13)17(7,8)9/h13-14H,12H2,1-11H3. The third kappa shape index (κ3) is 3.98. The summed E-state index contributed by atoms with van der Waals surface area (Å²) in [6.07, 6.45) is 0.241. The van der Waals surface area contributed by atoms with Crippen molar-refractivity contribution in [2.24, 2.45) is 10.8 Å². The Morgan fingerprint density at radius 2 is 1.30 bits per heavy atom. The zero-order valence-electron chi connectivity index (χ0n) is 15.7. The van der Waals surface area contributed by atoms with Gasteiger partial charge in [0.05, 0.1) is 11.7 Å². The molecule has 0 amide bonds. The zero-order valence-corrected chi connectivity index (χ0v) is 15.7. The normalized spacial score (nSPS) is 29.6. The minimum atomic E-state index is -0.0903. The van der Waals surface area contributed by atoms with Crippen molar-refractivity contribution in [1.29, 1.82) is 0 Å². The van der Waals surface area contributed by atoms with Crippen LogP contribution in [0, 0.1) is 10.8 Å². The average molecular weight is 284 g/mol. The largest absolute Gasteiger partial charge is 0.369 e. The fourth-order valence-corrected chi connectivity index (χ4v) is 3.34. The summed E-state index contributed by atoms with van der Waals surface area (Å²) >= 11 is 0. The van der Waals surface area contributed by atoms with Gasteiger partial charge < -0.3 is 4.74 Å². The summed E-state index contributed by atoms with van der Waals surface area (Å²) in [7, 11) is 0. The number of hydrogen-bond donors (Lipinski definition) is 0. The lowest BCUT2D eigenvalue weighted by Crippen LogP contribution is -2.69. The molecule has 2 heteroatoms. The van der Waals surface area contributed by atoms with E-state index in [1.807, 2.05) is 0 Å². The molecule has 1 heterocycles. The molecule has 1 aliphatic heterocycles. The molecule has 2 nitrogen and oxygen atoms in total. The number of ether oxygens (including phenoxy) is 1. The lowest BCUT2D eigenvalue weighted by atomic mass is 9.70. The lowest BCUT2D eigenvalue weighted by molar-refractivity contribution is -0.232. The van der Waals surface area contributed by atoms with Crippen LogP contribution >= 0.6 is 0 Å². The van der Waals surface area contributed by atoms with Crippen LogP contribution < -0.4 is 0 Å². The Kier molecular flexibility index (Phi) is 4.48. The van der Waals surface area contributed by atoms with Crippen LogP contribution in [0.5, 0.6) is 0 Å². The Balaban J connectivity index is 3.33. The molecule has 1 rings (SSSR count). The van der Waals surface area contributed by atoms with Gasteiger partial charge in [-0.05, 0) is 45.4 Å². The van der Waals surface area contributed by atoms with Crippen molar-refractivity contribution < 1.29 is 4.74 Å². The van der Waals surface area contributed by atoms with E-state index in [4.69, 9.17) is 4.74 Å². The molecule has 1 saturated heterocycles. The van der Waals surface area contributed by atoms with E-state index in [-0.39, 0.29) is 28.1 Å². The SMILES string of the molecule is CC1(C)CN(C(C)(C)C)C(C(C)(C)C)C(C(C)(C)C)O1. The van der Waals surface area contributed by atoms with Crippen molar-refractivity contribution >= 4 is 0 Å². The summed E-state index contributed by atoms with van der Waals surface area (Å²) in [6, 6.07) is 0.426. The molecule has 20 heavy (non-hydrogen) atoms. The first-order chi connectivity index (χ1) is 8.56. The molecule has 0 N–H and O–H groups in total. The lowest BCUT2D eigenvalue weighted by Gasteiger charge is -2.60. The first kappa shape index (κ1) is 18.0. The second kappa shape index (κ2) is 4.98. The molecular weight excluding hydrogens is 246 g/mol. The van der Waals surface area contributed by atoms with Crippen molar-refractivity contribution in [2.45, 2.75) is 99.4 Å². The van der Waals surface area contributed by atoms with Crippen LogP contribution in [-0.4, -0.2) is 34.7 Å². The monoisotopic (exact) mass is 283 g/mol. The molecule has 2 atom stereocenters. The molecule has 0 radical (unpaired) electrons. The van der Waals surface area contributed by atoms with Crippen LogP contribution in [0.15, 0.2) is 0 Å². The van der Waals surface area contributed by atoms with Crippen LogP contribution in [0.2, 0.25) is 0 Å². The fraction of sp³-hybridized carbons (Fsp3) is 1.00. The topological polar surface area (TPSA) is 12.5 Å². The minimum Gasteiger partial charge on any atom is -0.369 e. The highest BCUT2D eigenvalue weighted by Crippen LogP contribution is 2.44. The van der Waals surface area contributed by atoms with Gasteiger partial charge in [-0.25, -0.2) is 0 Å². The van der Waals surface area contributed by atoms with E-state index in [1.54, 1.807) is 0 Å². The molecule has 1 aliphatic rings. The van der Waals surface area contributed by atoms with Gasteiger partial charge in [-0.1, -0.05) is 41.5 Å². The van der Waals surface area contributed by atoms with Gasteiger partial charge in [-0.2, -0.15) is 0 Å². The number of morpholine rings is 1. The average Bonchev–Trinajstić information content (AvgIpc) is 2.09. The number of rotatable bonds is 0. The van der Waals surface area contributed by atoms with Crippen LogP contribution in [0.25, 0.3) is 0 Å². The van der Waals surface area contributed by atoms with Gasteiger partial charge in [0.25, 0.3) is 0 Å². The van der Waals surface area contributed by atoms with Gasteiger partial charge in [0, 0.05) is 18.1 Å². The van der Waals surface area contributed by atoms with Crippen molar-refractivity contribution in [2.75, 3.05) is 6.54 Å². The molecule has 1 fully saturated rings. The maximum Gasteiger partial charge on any atom is 0.0791 e. The third-order valence-electron chi connectivity index (χ3n) is 4.22. The van der Waals surface area contributed by atoms with Gasteiger partial charge in [-0.3, -0.25) is 4.90 Å². The van der Waals surface area contributed by atoms with E-state index in [0.29, 0.717) is 6.04 Å². The van der Waals surface area contributed by atoms with E-state index < -0.39 is 0 Å². The molecule has 0 spiro atoms. The Bertz CT molecular complexity index is 308. The first-order valence-corrected chi connectivity index (χ1v) is 8.00. The third-order valence-corrected chi connectivity index (χ3v) is 4.22. The molecule has 0 aromatic heterocycles. The van der Waals surface area contributed by atoms with Crippen molar-refractivity contribution in [1.82, 2.24) is 4.90 Å². The predicted octanol–water partition coefficient (Wildman–Crippen LogP) is 4.73. The zero-order chi connectivity index (χ0) is 16.1. The van der Waals surface area contributed by atoms with Crippen molar-refractivity contribution in [3.8, 4) is 0 Å².